The minimum Gasteiger partial charge on any atom is -0.359 e. The van der Waals surface area contributed by atoms with Crippen molar-refractivity contribution in [1.82, 2.24) is 5.32 Å². The van der Waals surface area contributed by atoms with Crippen molar-refractivity contribution in [3.05, 3.63) is 75.2 Å². The summed E-state index contributed by atoms with van der Waals surface area (Å²) in [4.78, 5) is 12.5. The molecular weight excluding hydrogens is 470 g/mol. The topological polar surface area (TPSA) is 41.1 Å². The van der Waals surface area contributed by atoms with Crippen molar-refractivity contribution in [2.24, 2.45) is 5.92 Å². The molecular formula is C25H28Cl3FN2O. The van der Waals surface area contributed by atoms with Crippen LogP contribution in [0.15, 0.2) is 42.1 Å². The Kier molecular flexibility index (Phi) is 7.80. The van der Waals surface area contributed by atoms with Crippen molar-refractivity contribution < 1.29 is 9.18 Å². The number of rotatable bonds is 8. The summed E-state index contributed by atoms with van der Waals surface area (Å²) in [5.74, 6) is -1.30. The summed E-state index contributed by atoms with van der Waals surface area (Å²) in [5, 5.41) is 6.80. The highest BCUT2D eigenvalue weighted by atomic mass is 35.5. The Labute approximate surface area is 204 Å². The molecule has 0 bridgehead atoms. The highest BCUT2D eigenvalue weighted by molar-refractivity contribution is 6.52. The quantitative estimate of drug-likeness (QED) is 0.370. The first kappa shape index (κ1) is 24.9. The van der Waals surface area contributed by atoms with Gasteiger partial charge >= 0.3 is 0 Å². The van der Waals surface area contributed by atoms with Gasteiger partial charge in [-0.05, 0) is 61.6 Å². The van der Waals surface area contributed by atoms with Crippen molar-refractivity contribution in [2.75, 3.05) is 11.9 Å². The van der Waals surface area contributed by atoms with Crippen LogP contribution >= 0.6 is 34.8 Å². The summed E-state index contributed by atoms with van der Waals surface area (Å²) < 4.78 is 13.5. The first-order valence-corrected chi connectivity index (χ1v) is 11.9. The van der Waals surface area contributed by atoms with Crippen LogP contribution in [-0.4, -0.2) is 16.8 Å². The number of carbonyl (C=O) groups excluding carboxylic acids is 1. The molecule has 2 N–H and O–H groups in total. The van der Waals surface area contributed by atoms with E-state index in [2.05, 4.69) is 10.6 Å². The molecule has 0 aliphatic heterocycles. The van der Waals surface area contributed by atoms with Gasteiger partial charge in [0.25, 0.3) is 5.91 Å². The zero-order valence-electron chi connectivity index (χ0n) is 18.7. The van der Waals surface area contributed by atoms with Crippen LogP contribution < -0.4 is 10.6 Å². The van der Waals surface area contributed by atoms with Crippen LogP contribution in [0.3, 0.4) is 0 Å². The largest absolute Gasteiger partial charge is 0.359 e. The van der Waals surface area contributed by atoms with Gasteiger partial charge < -0.3 is 10.6 Å². The lowest BCUT2D eigenvalue weighted by atomic mass is 10.0. The smallest absolute Gasteiger partial charge is 0.254 e. The van der Waals surface area contributed by atoms with Gasteiger partial charge in [0.2, 0.25) is 0 Å². The fourth-order valence-corrected chi connectivity index (χ4v) is 5.04. The Morgan fingerprint density at radius 3 is 2.53 bits per heavy atom. The molecule has 2 aromatic rings. The highest BCUT2D eigenvalue weighted by Gasteiger charge is 2.65. The third kappa shape index (κ3) is 4.93. The minimum atomic E-state index is -0.998. The highest BCUT2D eigenvalue weighted by Crippen LogP contribution is 2.67. The van der Waals surface area contributed by atoms with Crippen molar-refractivity contribution in [1.29, 1.82) is 0 Å². The molecule has 3 rings (SSSR count). The minimum absolute atomic E-state index is 0.0416. The SMILES string of the molecule is CC/C=C(/Nc1ccc(F)c(C(=O)NCCC)c1C)C1C(c2ccc(C)c(Cl)c2)C1(Cl)Cl. The van der Waals surface area contributed by atoms with E-state index in [1.807, 2.05) is 45.0 Å². The number of benzene rings is 2. The number of alkyl halides is 2. The van der Waals surface area contributed by atoms with Crippen molar-refractivity contribution in [3.8, 4) is 0 Å². The predicted molar refractivity (Wildman–Crippen MR) is 133 cm³/mol. The number of halogens is 4. The van der Waals surface area contributed by atoms with Crippen molar-refractivity contribution >= 4 is 46.4 Å². The second kappa shape index (κ2) is 10.0. The fourth-order valence-electron chi connectivity index (χ4n) is 3.98. The normalized spacial score (nSPS) is 19.6. The van der Waals surface area contributed by atoms with Gasteiger partial charge in [-0.25, -0.2) is 4.39 Å². The molecule has 0 heterocycles. The van der Waals surface area contributed by atoms with Gasteiger partial charge in [-0.2, -0.15) is 0 Å². The first-order valence-electron chi connectivity index (χ1n) is 10.8. The third-order valence-electron chi connectivity index (χ3n) is 5.82. The maximum absolute atomic E-state index is 14.5. The van der Waals surface area contributed by atoms with Gasteiger partial charge in [-0.3, -0.25) is 4.79 Å². The van der Waals surface area contributed by atoms with Crippen LogP contribution in [0.4, 0.5) is 10.1 Å². The molecule has 2 atom stereocenters. The number of nitrogens with one attached hydrogen (secondary N) is 2. The monoisotopic (exact) mass is 496 g/mol. The van der Waals surface area contributed by atoms with E-state index in [9.17, 15) is 9.18 Å². The van der Waals surface area contributed by atoms with Gasteiger partial charge in [0.1, 0.15) is 10.2 Å². The van der Waals surface area contributed by atoms with E-state index in [1.165, 1.54) is 6.07 Å². The van der Waals surface area contributed by atoms with Gasteiger partial charge in [0, 0.05) is 34.8 Å². The van der Waals surface area contributed by atoms with Crippen LogP contribution in [-0.2, 0) is 0 Å². The zero-order valence-corrected chi connectivity index (χ0v) is 20.9. The van der Waals surface area contributed by atoms with Crippen LogP contribution in [0, 0.1) is 25.6 Å². The van der Waals surface area contributed by atoms with Crippen molar-refractivity contribution in [2.45, 2.75) is 50.8 Å². The fraction of sp³-hybridized carbons (Fsp3) is 0.400. The standard InChI is InChI=1S/C25H28Cl3FN2O/c1-5-7-20(23-22(25(23,27)28)16-9-8-14(3)17(26)13-16)31-19-11-10-18(29)21(15(19)4)24(32)30-12-6-2/h7-11,13,22-23,31H,5-6,12H2,1-4H3,(H,30,32)/b20-7+. The molecule has 172 valence electrons. The summed E-state index contributed by atoms with van der Waals surface area (Å²) in [6.45, 7) is 8.13. The van der Waals surface area contributed by atoms with Gasteiger partial charge in [0.05, 0.1) is 5.56 Å². The Hall–Kier alpha value is -1.75. The van der Waals surface area contributed by atoms with E-state index < -0.39 is 16.1 Å². The maximum Gasteiger partial charge on any atom is 0.254 e. The number of hydrogen-bond acceptors (Lipinski definition) is 2. The molecule has 7 heteroatoms. The molecule has 1 fully saturated rings. The van der Waals surface area contributed by atoms with Crippen molar-refractivity contribution in [3.63, 3.8) is 0 Å². The van der Waals surface area contributed by atoms with Gasteiger partial charge in [-0.15, -0.1) is 23.2 Å². The summed E-state index contributed by atoms with van der Waals surface area (Å²) >= 11 is 19.8. The number of carbonyl (C=O) groups is 1. The first-order chi connectivity index (χ1) is 15.1. The second-order valence-corrected chi connectivity index (χ2v) is 10.0. The molecule has 32 heavy (non-hydrogen) atoms. The number of aryl methyl sites for hydroxylation is 1. The summed E-state index contributed by atoms with van der Waals surface area (Å²) in [6.07, 6.45) is 3.56. The van der Waals surface area contributed by atoms with E-state index in [1.54, 1.807) is 13.0 Å². The Bertz CT molecular complexity index is 1050. The molecule has 0 saturated heterocycles. The number of anilines is 1. The lowest BCUT2D eigenvalue weighted by molar-refractivity contribution is 0.0949. The average Bonchev–Trinajstić information content (AvgIpc) is 3.31. The van der Waals surface area contributed by atoms with Crippen LogP contribution in [0.5, 0.6) is 0 Å². The number of hydrogen-bond donors (Lipinski definition) is 2. The molecule has 1 saturated carbocycles. The summed E-state index contributed by atoms with van der Waals surface area (Å²) in [7, 11) is 0. The van der Waals surface area contributed by atoms with E-state index in [0.29, 0.717) is 22.8 Å². The molecule has 2 aromatic carbocycles. The number of allylic oxidation sites excluding steroid dienone is 2. The molecule has 0 radical (unpaired) electrons. The second-order valence-electron chi connectivity index (χ2n) is 8.18. The molecule has 0 aromatic heterocycles. The van der Waals surface area contributed by atoms with Gasteiger partial charge in [-0.1, -0.05) is 43.7 Å². The summed E-state index contributed by atoms with van der Waals surface area (Å²) in [5.41, 5.74) is 4.01. The Morgan fingerprint density at radius 1 is 1.19 bits per heavy atom. The molecule has 0 spiro atoms. The van der Waals surface area contributed by atoms with Crippen LogP contribution in [0.1, 0.15) is 59.7 Å². The van der Waals surface area contributed by atoms with E-state index in [-0.39, 0.29) is 17.4 Å². The Balaban J connectivity index is 1.92. The van der Waals surface area contributed by atoms with E-state index in [0.717, 1.165) is 29.7 Å². The molecule has 1 amide bonds. The Morgan fingerprint density at radius 2 is 1.91 bits per heavy atom. The van der Waals surface area contributed by atoms with E-state index in [4.69, 9.17) is 34.8 Å². The molecule has 2 unspecified atom stereocenters. The lowest BCUT2D eigenvalue weighted by Gasteiger charge is -2.17. The van der Waals surface area contributed by atoms with E-state index >= 15 is 0 Å². The van der Waals surface area contributed by atoms with Gasteiger partial charge in [0.15, 0.2) is 0 Å². The molecule has 1 aliphatic carbocycles. The number of amides is 1. The average molecular weight is 498 g/mol. The molecule has 1 aliphatic rings. The third-order valence-corrected chi connectivity index (χ3v) is 7.17. The lowest BCUT2D eigenvalue weighted by Crippen LogP contribution is -2.26. The van der Waals surface area contributed by atoms with Crippen LogP contribution in [0.2, 0.25) is 5.02 Å². The molecule has 3 nitrogen and oxygen atoms in total. The zero-order chi connectivity index (χ0) is 23.6. The predicted octanol–water partition coefficient (Wildman–Crippen LogP) is 7.53. The summed E-state index contributed by atoms with van der Waals surface area (Å²) in [6, 6.07) is 8.80. The maximum atomic E-state index is 14.5. The van der Waals surface area contributed by atoms with Crippen LogP contribution in [0.25, 0.3) is 0 Å².